The van der Waals surface area contributed by atoms with Crippen LogP contribution in [0.2, 0.25) is 10.0 Å². The maximum Gasteiger partial charge on any atom is 0.254 e. The molecule has 0 spiro atoms. The van der Waals surface area contributed by atoms with Gasteiger partial charge in [0.25, 0.3) is 5.91 Å². The van der Waals surface area contributed by atoms with E-state index in [1.807, 2.05) is 16.9 Å². The van der Waals surface area contributed by atoms with Crippen LogP contribution in [0, 0.1) is 17.1 Å². The maximum absolute atomic E-state index is 14.0. The highest BCUT2D eigenvalue weighted by molar-refractivity contribution is 6.32. The number of fused-ring (bicyclic) bond motifs is 1. The molecule has 3 aromatic carbocycles. The standard InChI is InChI=1S/C38H37Cl2F2N9O/c1-38(2,3)50-11-9-28(10-12-50)51-21-33(47-48-51)35(22-5-4-6-23(13-22)37(52)49-19-26(41)20-49)46-32-15-25(39)14-29-34(24(17-43)18-44-36(29)32)45-27-7-8-31(42)30(40)16-27/h4-8,13-16,18,21,26,28,35,46H,9-12,19-20H2,1-3H3,(H,44,45)/t35-/m0/s1. The van der Waals surface area contributed by atoms with Crippen LogP contribution in [0.5, 0.6) is 0 Å². The summed E-state index contributed by atoms with van der Waals surface area (Å²) in [6.45, 7) is 8.69. The first-order valence-electron chi connectivity index (χ1n) is 17.1. The summed E-state index contributed by atoms with van der Waals surface area (Å²) in [5.74, 6) is -0.818. The lowest BCUT2D eigenvalue weighted by atomic mass is 9.98. The van der Waals surface area contributed by atoms with Gasteiger partial charge in [-0.1, -0.05) is 40.5 Å². The van der Waals surface area contributed by atoms with Crippen LogP contribution >= 0.6 is 23.2 Å². The first-order chi connectivity index (χ1) is 24.9. The van der Waals surface area contributed by atoms with E-state index in [9.17, 15) is 18.8 Å². The number of alkyl halides is 1. The minimum absolute atomic E-state index is 0.0679. The topological polar surface area (TPSA) is 115 Å². The average molecular weight is 745 g/mol. The lowest BCUT2D eigenvalue weighted by Crippen LogP contribution is -2.51. The molecule has 7 rings (SSSR count). The van der Waals surface area contributed by atoms with Crippen LogP contribution in [0.1, 0.15) is 72.9 Å². The monoisotopic (exact) mass is 743 g/mol. The number of nitrogens with zero attached hydrogens (tertiary/aromatic N) is 7. The Morgan fingerprint density at radius 3 is 2.54 bits per heavy atom. The smallest absolute Gasteiger partial charge is 0.254 e. The molecule has 2 aliphatic rings. The molecule has 10 nitrogen and oxygen atoms in total. The van der Waals surface area contributed by atoms with Crippen LogP contribution in [0.15, 0.2) is 67.0 Å². The Morgan fingerprint density at radius 1 is 1.08 bits per heavy atom. The third kappa shape index (κ3) is 7.26. The van der Waals surface area contributed by atoms with Crippen LogP contribution < -0.4 is 10.6 Å². The maximum atomic E-state index is 14.0. The fraction of sp³-hybridized carbons (Fsp3) is 0.342. The lowest BCUT2D eigenvalue weighted by Gasteiger charge is -2.40. The molecule has 1 amide bonds. The first-order valence-corrected chi connectivity index (χ1v) is 17.8. The third-order valence-electron chi connectivity index (χ3n) is 9.75. The molecule has 2 fully saturated rings. The van der Waals surface area contributed by atoms with Crippen molar-refractivity contribution in [2.75, 3.05) is 36.8 Å². The number of benzene rings is 3. The predicted molar refractivity (Wildman–Crippen MR) is 198 cm³/mol. The summed E-state index contributed by atoms with van der Waals surface area (Å²) in [5.41, 5.74) is 3.99. The molecule has 2 saturated heterocycles. The van der Waals surface area contributed by atoms with Gasteiger partial charge in [0.2, 0.25) is 0 Å². The van der Waals surface area contributed by atoms with E-state index in [0.717, 1.165) is 31.5 Å². The summed E-state index contributed by atoms with van der Waals surface area (Å²) >= 11 is 12.8. The molecule has 52 heavy (non-hydrogen) atoms. The van der Waals surface area contributed by atoms with E-state index in [1.54, 1.807) is 30.3 Å². The van der Waals surface area contributed by atoms with Gasteiger partial charge >= 0.3 is 0 Å². The van der Waals surface area contributed by atoms with E-state index in [2.05, 4.69) is 57.7 Å². The van der Waals surface area contributed by atoms with Crippen molar-refractivity contribution < 1.29 is 13.6 Å². The lowest BCUT2D eigenvalue weighted by molar-refractivity contribution is 0.0400. The SMILES string of the molecule is CC(C)(C)N1CCC(n2cc([C@@H](Nc3cc(Cl)cc4c(Nc5ccc(F)c(Cl)c5)c(C#N)cnc34)c3cccc(C(=O)N4CC(F)C4)c3)nn2)CC1. The summed E-state index contributed by atoms with van der Waals surface area (Å²) < 4.78 is 29.5. The normalized spacial score (nSPS) is 16.4. The van der Waals surface area contributed by atoms with Crippen molar-refractivity contribution in [3.8, 4) is 6.07 Å². The number of nitrogens with one attached hydrogen (secondary N) is 2. The molecule has 2 aromatic heterocycles. The zero-order valence-electron chi connectivity index (χ0n) is 28.9. The molecule has 2 N–H and O–H groups in total. The Bertz CT molecular complexity index is 2180. The van der Waals surface area contributed by atoms with Crippen LogP contribution in [0.3, 0.4) is 0 Å². The van der Waals surface area contributed by atoms with Crippen molar-refractivity contribution in [1.29, 1.82) is 5.26 Å². The van der Waals surface area contributed by atoms with Crippen molar-refractivity contribution >= 4 is 57.1 Å². The Morgan fingerprint density at radius 2 is 1.85 bits per heavy atom. The predicted octanol–water partition coefficient (Wildman–Crippen LogP) is 8.32. The molecule has 14 heteroatoms. The molecule has 5 aromatic rings. The minimum atomic E-state index is -1.02. The number of nitriles is 1. The van der Waals surface area contributed by atoms with Crippen molar-refractivity contribution in [3.63, 3.8) is 0 Å². The molecule has 0 bridgehead atoms. The third-order valence-corrected chi connectivity index (χ3v) is 10.3. The van der Waals surface area contributed by atoms with E-state index in [-0.39, 0.29) is 41.2 Å². The highest BCUT2D eigenvalue weighted by Crippen LogP contribution is 2.38. The van der Waals surface area contributed by atoms with Crippen LogP contribution in [0.4, 0.5) is 25.8 Å². The van der Waals surface area contributed by atoms with E-state index >= 15 is 0 Å². The fourth-order valence-electron chi connectivity index (χ4n) is 6.83. The fourth-order valence-corrected chi connectivity index (χ4v) is 7.22. The Labute approximate surface area is 310 Å². The molecule has 4 heterocycles. The number of likely N-dealkylation sites (tertiary alicyclic amines) is 2. The number of amides is 1. The second-order valence-corrected chi connectivity index (χ2v) is 15.1. The van der Waals surface area contributed by atoms with Crippen molar-refractivity contribution in [2.24, 2.45) is 0 Å². The zero-order valence-corrected chi connectivity index (χ0v) is 30.4. The first kappa shape index (κ1) is 35.6. The summed E-state index contributed by atoms with van der Waals surface area (Å²) in [7, 11) is 0. The number of pyridine rings is 1. The van der Waals surface area contributed by atoms with Crippen LogP contribution in [-0.2, 0) is 0 Å². The number of anilines is 3. The Hall–Kier alpha value is -4.83. The van der Waals surface area contributed by atoms with E-state index < -0.39 is 18.0 Å². The van der Waals surface area contributed by atoms with Gasteiger partial charge in [-0.05, 0) is 81.6 Å². The van der Waals surface area contributed by atoms with E-state index in [0.29, 0.717) is 44.2 Å². The molecule has 0 radical (unpaired) electrons. The van der Waals surface area contributed by atoms with Crippen molar-refractivity contribution in [2.45, 2.75) is 57.4 Å². The number of carbonyl (C=O) groups is 1. The van der Waals surface area contributed by atoms with Crippen LogP contribution in [-0.4, -0.2) is 73.6 Å². The molecule has 0 saturated carbocycles. The zero-order chi connectivity index (χ0) is 36.7. The molecular weight excluding hydrogens is 707 g/mol. The van der Waals surface area contributed by atoms with Gasteiger partial charge in [-0.3, -0.25) is 14.7 Å². The largest absolute Gasteiger partial charge is 0.371 e. The highest BCUT2D eigenvalue weighted by Gasteiger charge is 2.32. The van der Waals surface area contributed by atoms with Crippen molar-refractivity contribution in [3.05, 3.63) is 105 Å². The van der Waals surface area contributed by atoms with Gasteiger partial charge in [-0.25, -0.2) is 13.5 Å². The Balaban J connectivity index is 1.28. The average Bonchev–Trinajstić information content (AvgIpc) is 3.60. The molecule has 1 atom stereocenters. The minimum Gasteiger partial charge on any atom is -0.371 e. The van der Waals surface area contributed by atoms with Gasteiger partial charge in [-0.2, -0.15) is 5.26 Å². The summed E-state index contributed by atoms with van der Waals surface area (Å²) in [4.78, 5) is 21.9. The van der Waals surface area contributed by atoms with Gasteiger partial charge in [-0.15, -0.1) is 5.10 Å². The molecule has 2 aliphatic heterocycles. The van der Waals surface area contributed by atoms with Crippen molar-refractivity contribution in [1.82, 2.24) is 29.8 Å². The number of hydrogen-bond donors (Lipinski definition) is 2. The van der Waals surface area contributed by atoms with Gasteiger partial charge in [0.05, 0.1) is 58.8 Å². The number of rotatable bonds is 8. The quantitative estimate of drug-likeness (QED) is 0.163. The number of hydrogen-bond acceptors (Lipinski definition) is 8. The number of piperidine rings is 1. The molecule has 0 unspecified atom stereocenters. The number of aromatic nitrogens is 4. The summed E-state index contributed by atoms with van der Waals surface area (Å²) in [5, 5.41) is 26.8. The van der Waals surface area contributed by atoms with Gasteiger partial charge in [0.1, 0.15) is 23.8 Å². The summed E-state index contributed by atoms with van der Waals surface area (Å²) in [6.07, 6.45) is 4.22. The van der Waals surface area contributed by atoms with Gasteiger partial charge < -0.3 is 15.5 Å². The molecule has 268 valence electrons. The molecular formula is C38H37Cl2F2N9O. The van der Waals surface area contributed by atoms with E-state index in [1.165, 1.54) is 29.3 Å². The number of halogens is 4. The summed E-state index contributed by atoms with van der Waals surface area (Å²) in [6, 6.07) is 16.5. The van der Waals surface area contributed by atoms with E-state index in [4.69, 9.17) is 23.2 Å². The van der Waals surface area contributed by atoms with Gasteiger partial charge in [0.15, 0.2) is 0 Å². The Kier molecular flexibility index (Phi) is 9.78. The molecule has 0 aliphatic carbocycles. The highest BCUT2D eigenvalue weighted by atomic mass is 35.5. The second-order valence-electron chi connectivity index (χ2n) is 14.3. The van der Waals surface area contributed by atoms with Gasteiger partial charge in [0, 0.05) is 46.5 Å². The number of carbonyl (C=O) groups excluding carboxylic acids is 1. The van der Waals surface area contributed by atoms with Crippen LogP contribution in [0.25, 0.3) is 10.9 Å². The second kappa shape index (κ2) is 14.3.